The van der Waals surface area contributed by atoms with E-state index in [1.165, 1.54) is 12.8 Å². The molecule has 1 fully saturated rings. The highest BCUT2D eigenvalue weighted by atomic mass is 32.1. The molecule has 0 spiro atoms. The van der Waals surface area contributed by atoms with Crippen molar-refractivity contribution in [2.45, 2.75) is 38.6 Å². The summed E-state index contributed by atoms with van der Waals surface area (Å²) in [5.41, 5.74) is 0.680. The van der Waals surface area contributed by atoms with E-state index >= 15 is 0 Å². The zero-order chi connectivity index (χ0) is 14.1. The number of rotatable bonds is 2. The van der Waals surface area contributed by atoms with Crippen LogP contribution in [-0.2, 0) is 0 Å². The molecule has 2 aromatic rings. The molecule has 1 saturated carbocycles. The maximum atomic E-state index is 12.4. The number of hydrogen-bond acceptors (Lipinski definition) is 3. The standard InChI is InChI=1S/C16H19NO2S/c1-10-2-4-11(5-3-10)17-16(19)14-9-20-15-7-6-12(18)8-13(14)15/h6-11,18H,2-5H2,1H3,(H,17,19). The molecule has 1 aliphatic carbocycles. The Morgan fingerprint density at radius 1 is 1.30 bits per heavy atom. The zero-order valence-corrected chi connectivity index (χ0v) is 12.4. The largest absolute Gasteiger partial charge is 0.508 e. The predicted molar refractivity (Wildman–Crippen MR) is 82.4 cm³/mol. The second kappa shape index (κ2) is 5.44. The van der Waals surface area contributed by atoms with E-state index in [1.807, 2.05) is 11.4 Å². The summed E-state index contributed by atoms with van der Waals surface area (Å²) in [6, 6.07) is 5.48. The van der Waals surface area contributed by atoms with Gasteiger partial charge in [-0.25, -0.2) is 0 Å². The molecule has 0 radical (unpaired) electrons. The van der Waals surface area contributed by atoms with E-state index in [0.29, 0.717) is 11.6 Å². The second-order valence-electron chi connectivity index (χ2n) is 5.76. The lowest BCUT2D eigenvalue weighted by Gasteiger charge is -2.26. The summed E-state index contributed by atoms with van der Waals surface area (Å²) in [5.74, 6) is 0.972. The molecule has 106 valence electrons. The maximum absolute atomic E-state index is 12.4. The highest BCUT2D eigenvalue weighted by Gasteiger charge is 2.21. The summed E-state index contributed by atoms with van der Waals surface area (Å²) in [6.07, 6.45) is 4.52. The van der Waals surface area contributed by atoms with Gasteiger partial charge in [0.05, 0.1) is 5.56 Å². The summed E-state index contributed by atoms with van der Waals surface area (Å²) in [4.78, 5) is 12.4. The van der Waals surface area contributed by atoms with Gasteiger partial charge in [0.15, 0.2) is 0 Å². The van der Waals surface area contributed by atoms with Gasteiger partial charge in [0.25, 0.3) is 5.91 Å². The topological polar surface area (TPSA) is 49.3 Å². The smallest absolute Gasteiger partial charge is 0.252 e. The van der Waals surface area contributed by atoms with Gasteiger partial charge in [-0.2, -0.15) is 0 Å². The Hall–Kier alpha value is -1.55. The molecule has 1 amide bonds. The van der Waals surface area contributed by atoms with Crippen molar-refractivity contribution in [3.8, 4) is 5.75 Å². The monoisotopic (exact) mass is 289 g/mol. The molecule has 20 heavy (non-hydrogen) atoms. The molecule has 0 unspecified atom stereocenters. The van der Waals surface area contributed by atoms with Crippen molar-refractivity contribution >= 4 is 27.3 Å². The zero-order valence-electron chi connectivity index (χ0n) is 11.6. The Bertz CT molecular complexity index is 626. The first-order valence-electron chi connectivity index (χ1n) is 7.14. The molecule has 3 rings (SSSR count). The van der Waals surface area contributed by atoms with E-state index in [4.69, 9.17) is 0 Å². The van der Waals surface area contributed by atoms with Crippen LogP contribution in [0, 0.1) is 5.92 Å². The number of thiophene rings is 1. The van der Waals surface area contributed by atoms with Crippen LogP contribution in [0.15, 0.2) is 23.6 Å². The first-order chi connectivity index (χ1) is 9.63. The fourth-order valence-electron chi connectivity index (χ4n) is 2.86. The summed E-state index contributed by atoms with van der Waals surface area (Å²) in [6.45, 7) is 2.27. The number of fused-ring (bicyclic) bond motifs is 1. The minimum absolute atomic E-state index is 0.0126. The van der Waals surface area contributed by atoms with E-state index in [9.17, 15) is 9.90 Å². The first-order valence-corrected chi connectivity index (χ1v) is 8.02. The molecule has 0 bridgehead atoms. The van der Waals surface area contributed by atoms with E-state index < -0.39 is 0 Å². The third kappa shape index (κ3) is 2.66. The van der Waals surface area contributed by atoms with Crippen LogP contribution in [-0.4, -0.2) is 17.1 Å². The van der Waals surface area contributed by atoms with Crippen LogP contribution in [0.3, 0.4) is 0 Å². The van der Waals surface area contributed by atoms with Gasteiger partial charge in [0, 0.05) is 21.5 Å². The molecule has 0 aliphatic heterocycles. The summed E-state index contributed by atoms with van der Waals surface area (Å²) in [7, 11) is 0. The van der Waals surface area contributed by atoms with Gasteiger partial charge in [0.1, 0.15) is 5.75 Å². The minimum atomic E-state index is -0.0126. The Morgan fingerprint density at radius 3 is 2.80 bits per heavy atom. The molecular weight excluding hydrogens is 270 g/mol. The molecule has 1 aromatic heterocycles. The summed E-state index contributed by atoms with van der Waals surface area (Å²) < 4.78 is 1.03. The van der Waals surface area contributed by atoms with E-state index in [2.05, 4.69) is 12.2 Å². The molecule has 0 atom stereocenters. The Kier molecular flexibility index (Phi) is 3.66. The van der Waals surface area contributed by atoms with Crippen molar-refractivity contribution in [1.29, 1.82) is 0 Å². The van der Waals surface area contributed by atoms with Crippen molar-refractivity contribution in [1.82, 2.24) is 5.32 Å². The predicted octanol–water partition coefficient (Wildman–Crippen LogP) is 3.92. The number of hydrogen-bond donors (Lipinski definition) is 2. The van der Waals surface area contributed by atoms with Gasteiger partial charge < -0.3 is 10.4 Å². The Morgan fingerprint density at radius 2 is 2.05 bits per heavy atom. The number of benzene rings is 1. The van der Waals surface area contributed by atoms with Crippen LogP contribution < -0.4 is 5.32 Å². The fraction of sp³-hybridized carbons (Fsp3) is 0.438. The average Bonchev–Trinajstić information content (AvgIpc) is 2.84. The van der Waals surface area contributed by atoms with Crippen molar-refractivity contribution < 1.29 is 9.90 Å². The van der Waals surface area contributed by atoms with E-state index in [1.54, 1.807) is 23.5 Å². The molecular formula is C16H19NO2S. The minimum Gasteiger partial charge on any atom is -0.508 e. The van der Waals surface area contributed by atoms with Crippen LogP contribution in [0.1, 0.15) is 43.0 Å². The number of phenols is 1. The molecule has 1 aliphatic rings. The molecule has 3 nitrogen and oxygen atoms in total. The Balaban J connectivity index is 1.77. The van der Waals surface area contributed by atoms with Crippen molar-refractivity contribution in [2.75, 3.05) is 0 Å². The third-order valence-electron chi connectivity index (χ3n) is 4.15. The average molecular weight is 289 g/mol. The van der Waals surface area contributed by atoms with Crippen molar-refractivity contribution in [3.63, 3.8) is 0 Å². The molecule has 1 heterocycles. The molecule has 0 saturated heterocycles. The SMILES string of the molecule is CC1CCC(NC(=O)c2csc3ccc(O)cc23)CC1. The second-order valence-corrected chi connectivity index (χ2v) is 6.67. The van der Waals surface area contributed by atoms with Gasteiger partial charge in [-0.15, -0.1) is 11.3 Å². The summed E-state index contributed by atoms with van der Waals surface area (Å²) in [5, 5.41) is 15.4. The lowest BCUT2D eigenvalue weighted by atomic mass is 9.87. The van der Waals surface area contributed by atoms with Crippen LogP contribution in [0.5, 0.6) is 5.75 Å². The van der Waals surface area contributed by atoms with E-state index in [-0.39, 0.29) is 11.7 Å². The lowest BCUT2D eigenvalue weighted by Crippen LogP contribution is -2.37. The molecule has 4 heteroatoms. The Labute approximate surface area is 122 Å². The number of carbonyl (C=O) groups is 1. The number of carbonyl (C=O) groups excluding carboxylic acids is 1. The normalized spacial score (nSPS) is 22.9. The van der Waals surface area contributed by atoms with Crippen LogP contribution in [0.25, 0.3) is 10.1 Å². The van der Waals surface area contributed by atoms with E-state index in [0.717, 1.165) is 28.8 Å². The van der Waals surface area contributed by atoms with Crippen molar-refractivity contribution in [2.24, 2.45) is 5.92 Å². The van der Waals surface area contributed by atoms with Crippen LogP contribution >= 0.6 is 11.3 Å². The maximum Gasteiger partial charge on any atom is 0.252 e. The number of nitrogens with one attached hydrogen (secondary N) is 1. The van der Waals surface area contributed by atoms with Gasteiger partial charge in [-0.3, -0.25) is 4.79 Å². The number of phenolic OH excluding ortho intramolecular Hbond substituents is 1. The van der Waals surface area contributed by atoms with Gasteiger partial charge >= 0.3 is 0 Å². The van der Waals surface area contributed by atoms with Gasteiger partial charge in [-0.1, -0.05) is 6.92 Å². The lowest BCUT2D eigenvalue weighted by molar-refractivity contribution is 0.0925. The molecule has 2 N–H and O–H groups in total. The third-order valence-corrected chi connectivity index (χ3v) is 5.12. The van der Waals surface area contributed by atoms with Crippen LogP contribution in [0.4, 0.5) is 0 Å². The van der Waals surface area contributed by atoms with Gasteiger partial charge in [-0.05, 0) is 49.8 Å². The quantitative estimate of drug-likeness (QED) is 0.880. The summed E-state index contributed by atoms with van der Waals surface area (Å²) >= 11 is 1.54. The highest BCUT2D eigenvalue weighted by molar-refractivity contribution is 7.17. The fourth-order valence-corrected chi connectivity index (χ4v) is 3.78. The van der Waals surface area contributed by atoms with Gasteiger partial charge in [0.2, 0.25) is 0 Å². The number of aromatic hydroxyl groups is 1. The van der Waals surface area contributed by atoms with Crippen molar-refractivity contribution in [3.05, 3.63) is 29.1 Å². The van der Waals surface area contributed by atoms with Crippen LogP contribution in [0.2, 0.25) is 0 Å². The first kappa shape index (κ1) is 13.4. The number of amides is 1. The highest BCUT2D eigenvalue weighted by Crippen LogP contribution is 2.30. The molecule has 1 aromatic carbocycles.